The summed E-state index contributed by atoms with van der Waals surface area (Å²) in [7, 11) is 0. The zero-order chi connectivity index (χ0) is 20.7. The number of aromatic nitrogens is 1. The second-order valence-corrected chi connectivity index (χ2v) is 6.87. The third kappa shape index (κ3) is 2.82. The van der Waals surface area contributed by atoms with Crippen LogP contribution in [-0.2, 0) is 0 Å². The summed E-state index contributed by atoms with van der Waals surface area (Å²) in [6.07, 6.45) is 1.52. The molecule has 3 amide bonds. The molecular formula is C24H15N3O3. The molecule has 0 fully saturated rings. The Hall–Kier alpha value is -4.32. The van der Waals surface area contributed by atoms with Crippen molar-refractivity contribution in [3.05, 3.63) is 102 Å². The van der Waals surface area contributed by atoms with Gasteiger partial charge in [0.1, 0.15) is 5.82 Å². The van der Waals surface area contributed by atoms with E-state index in [1.807, 2.05) is 42.5 Å². The summed E-state index contributed by atoms with van der Waals surface area (Å²) in [5.74, 6) is -1.04. The van der Waals surface area contributed by atoms with Crippen LogP contribution >= 0.6 is 0 Å². The Labute approximate surface area is 171 Å². The van der Waals surface area contributed by atoms with Crippen molar-refractivity contribution < 1.29 is 14.4 Å². The highest BCUT2D eigenvalue weighted by Gasteiger charge is 2.37. The van der Waals surface area contributed by atoms with Gasteiger partial charge in [0.05, 0.1) is 11.1 Å². The number of pyridine rings is 1. The molecular weight excluding hydrogens is 378 g/mol. The highest BCUT2D eigenvalue weighted by atomic mass is 16.2. The highest BCUT2D eigenvalue weighted by molar-refractivity contribution is 6.34. The highest BCUT2D eigenvalue weighted by Crippen LogP contribution is 2.28. The topological polar surface area (TPSA) is 79.4 Å². The Morgan fingerprint density at radius 1 is 0.800 bits per heavy atom. The lowest BCUT2D eigenvalue weighted by atomic mass is 10.0. The standard InChI is InChI=1S/C24H15N3O3/c28-22(26-20-9-5-7-15-6-1-2-8-17(15)20)16-11-12-18-19(14-16)24(30)27(23(18)29)21-10-3-4-13-25-21/h1-14H,(H,26,28). The summed E-state index contributed by atoms with van der Waals surface area (Å²) in [6, 6.07) is 22.9. The number of carbonyl (C=O) groups excluding carboxylic acids is 3. The lowest BCUT2D eigenvalue weighted by Crippen LogP contribution is -2.30. The summed E-state index contributed by atoms with van der Waals surface area (Å²) in [5, 5.41) is 4.83. The molecule has 0 radical (unpaired) electrons. The summed E-state index contributed by atoms with van der Waals surface area (Å²) in [4.78, 5) is 43.5. The minimum Gasteiger partial charge on any atom is -0.321 e. The van der Waals surface area contributed by atoms with Gasteiger partial charge in [0, 0.05) is 22.8 Å². The van der Waals surface area contributed by atoms with Crippen molar-refractivity contribution in [3.8, 4) is 0 Å². The van der Waals surface area contributed by atoms with Crippen molar-refractivity contribution in [2.45, 2.75) is 0 Å². The summed E-state index contributed by atoms with van der Waals surface area (Å²) in [5.41, 5.74) is 1.42. The predicted octanol–water partition coefficient (Wildman–Crippen LogP) is 4.29. The first kappa shape index (κ1) is 17.8. The van der Waals surface area contributed by atoms with Crippen LogP contribution < -0.4 is 10.2 Å². The van der Waals surface area contributed by atoms with Gasteiger partial charge in [0.25, 0.3) is 17.7 Å². The molecule has 4 aromatic rings. The summed E-state index contributed by atoms with van der Waals surface area (Å²) in [6.45, 7) is 0. The van der Waals surface area contributed by atoms with E-state index in [0.717, 1.165) is 15.7 Å². The zero-order valence-electron chi connectivity index (χ0n) is 15.7. The molecule has 3 aromatic carbocycles. The number of anilines is 2. The van der Waals surface area contributed by atoms with Crippen LogP contribution in [0.25, 0.3) is 10.8 Å². The number of rotatable bonds is 3. The number of benzene rings is 3. The van der Waals surface area contributed by atoms with Gasteiger partial charge in [-0.2, -0.15) is 0 Å². The quantitative estimate of drug-likeness (QED) is 0.527. The van der Waals surface area contributed by atoms with E-state index in [0.29, 0.717) is 11.3 Å². The van der Waals surface area contributed by atoms with Crippen LogP contribution in [0, 0.1) is 0 Å². The van der Waals surface area contributed by atoms with Gasteiger partial charge in [-0.1, -0.05) is 42.5 Å². The van der Waals surface area contributed by atoms with Crippen LogP contribution in [-0.4, -0.2) is 22.7 Å². The number of hydrogen-bond acceptors (Lipinski definition) is 4. The number of nitrogens with one attached hydrogen (secondary N) is 1. The number of fused-ring (bicyclic) bond motifs is 2. The molecule has 2 heterocycles. The van der Waals surface area contributed by atoms with E-state index in [1.165, 1.54) is 18.3 Å². The zero-order valence-corrected chi connectivity index (χ0v) is 15.7. The molecule has 1 N–H and O–H groups in total. The molecule has 0 bridgehead atoms. The molecule has 1 aromatic heterocycles. The molecule has 0 spiro atoms. The first-order valence-electron chi connectivity index (χ1n) is 9.36. The minimum atomic E-state index is -0.492. The van der Waals surface area contributed by atoms with Gasteiger partial charge in [-0.15, -0.1) is 0 Å². The number of carbonyl (C=O) groups is 3. The first-order valence-corrected chi connectivity index (χ1v) is 9.36. The Morgan fingerprint density at radius 3 is 2.40 bits per heavy atom. The summed E-state index contributed by atoms with van der Waals surface area (Å²) >= 11 is 0. The van der Waals surface area contributed by atoms with Crippen molar-refractivity contribution >= 4 is 40.0 Å². The molecule has 6 nitrogen and oxygen atoms in total. The third-order valence-electron chi connectivity index (χ3n) is 5.06. The number of nitrogens with zero attached hydrogens (tertiary/aromatic N) is 2. The van der Waals surface area contributed by atoms with E-state index < -0.39 is 11.8 Å². The van der Waals surface area contributed by atoms with Crippen molar-refractivity contribution in [2.75, 3.05) is 10.2 Å². The van der Waals surface area contributed by atoms with Crippen molar-refractivity contribution in [1.82, 2.24) is 4.98 Å². The van der Waals surface area contributed by atoms with Crippen LogP contribution in [0.2, 0.25) is 0 Å². The maximum absolute atomic E-state index is 12.9. The normalized spacial score (nSPS) is 12.9. The monoisotopic (exact) mass is 393 g/mol. The van der Waals surface area contributed by atoms with Gasteiger partial charge >= 0.3 is 0 Å². The van der Waals surface area contributed by atoms with Crippen LogP contribution in [0.1, 0.15) is 31.1 Å². The molecule has 0 saturated heterocycles. The number of amides is 3. The van der Waals surface area contributed by atoms with Gasteiger partial charge in [-0.3, -0.25) is 14.4 Å². The second kappa shape index (κ2) is 6.93. The van der Waals surface area contributed by atoms with Crippen molar-refractivity contribution in [2.24, 2.45) is 0 Å². The van der Waals surface area contributed by atoms with E-state index in [9.17, 15) is 14.4 Å². The molecule has 5 rings (SSSR count). The van der Waals surface area contributed by atoms with Crippen LogP contribution in [0.3, 0.4) is 0 Å². The maximum atomic E-state index is 12.9. The number of hydrogen-bond donors (Lipinski definition) is 1. The van der Waals surface area contributed by atoms with E-state index in [4.69, 9.17) is 0 Å². The van der Waals surface area contributed by atoms with Gasteiger partial charge in [-0.05, 0) is 41.8 Å². The SMILES string of the molecule is O=C(Nc1cccc2ccccc12)c1ccc2c(c1)C(=O)N(c1ccccn1)C2=O. The first-order chi connectivity index (χ1) is 14.6. The van der Waals surface area contributed by atoms with Gasteiger partial charge in [-0.25, -0.2) is 9.88 Å². The third-order valence-corrected chi connectivity index (χ3v) is 5.06. The van der Waals surface area contributed by atoms with Crippen LogP contribution in [0.4, 0.5) is 11.5 Å². The second-order valence-electron chi connectivity index (χ2n) is 6.87. The van der Waals surface area contributed by atoms with E-state index in [1.54, 1.807) is 24.3 Å². The number of imide groups is 1. The van der Waals surface area contributed by atoms with Crippen molar-refractivity contribution in [1.29, 1.82) is 0 Å². The Morgan fingerprint density at radius 2 is 1.57 bits per heavy atom. The molecule has 0 aliphatic carbocycles. The fraction of sp³-hybridized carbons (Fsp3) is 0. The fourth-order valence-corrected chi connectivity index (χ4v) is 3.61. The molecule has 1 aliphatic heterocycles. The molecule has 0 atom stereocenters. The van der Waals surface area contributed by atoms with E-state index in [2.05, 4.69) is 10.3 Å². The Kier molecular flexibility index (Phi) is 4.10. The van der Waals surface area contributed by atoms with Crippen LogP contribution in [0.5, 0.6) is 0 Å². The fourth-order valence-electron chi connectivity index (χ4n) is 3.61. The average Bonchev–Trinajstić information content (AvgIpc) is 3.04. The molecule has 30 heavy (non-hydrogen) atoms. The lowest BCUT2D eigenvalue weighted by molar-refractivity contribution is 0.0924. The largest absolute Gasteiger partial charge is 0.321 e. The molecule has 0 saturated carbocycles. The predicted molar refractivity (Wildman–Crippen MR) is 114 cm³/mol. The summed E-state index contributed by atoms with van der Waals surface area (Å²) < 4.78 is 0. The lowest BCUT2D eigenvalue weighted by Gasteiger charge is -2.11. The van der Waals surface area contributed by atoms with Gasteiger partial charge in [0.2, 0.25) is 0 Å². The molecule has 1 aliphatic rings. The van der Waals surface area contributed by atoms with Gasteiger partial charge in [0.15, 0.2) is 0 Å². The van der Waals surface area contributed by atoms with Crippen LogP contribution in [0.15, 0.2) is 85.1 Å². The average molecular weight is 393 g/mol. The smallest absolute Gasteiger partial charge is 0.267 e. The minimum absolute atomic E-state index is 0.191. The Balaban J connectivity index is 1.47. The molecule has 0 unspecified atom stereocenters. The Bertz CT molecular complexity index is 1330. The molecule has 6 heteroatoms. The molecule has 144 valence electrons. The van der Waals surface area contributed by atoms with E-state index >= 15 is 0 Å². The maximum Gasteiger partial charge on any atom is 0.267 e. The van der Waals surface area contributed by atoms with Gasteiger partial charge < -0.3 is 5.32 Å². The van der Waals surface area contributed by atoms with Crippen molar-refractivity contribution in [3.63, 3.8) is 0 Å². The van der Waals surface area contributed by atoms with E-state index in [-0.39, 0.29) is 22.9 Å².